The van der Waals surface area contributed by atoms with Gasteiger partial charge in [-0.1, -0.05) is 42.0 Å². The third-order valence-corrected chi connectivity index (χ3v) is 5.41. The fourth-order valence-electron chi connectivity index (χ4n) is 3.66. The number of nitrogens with two attached hydrogens (primary N) is 1. The zero-order chi connectivity index (χ0) is 24.5. The number of anilines is 2. The molecule has 0 aliphatic carbocycles. The van der Waals surface area contributed by atoms with Crippen LogP contribution in [0.15, 0.2) is 77.9 Å². The van der Waals surface area contributed by atoms with Crippen molar-refractivity contribution in [2.24, 2.45) is 5.10 Å². The molecule has 3 N–H and O–H groups in total. The zero-order valence-electron chi connectivity index (χ0n) is 18.5. The number of hydrogen-bond donors (Lipinski definition) is 2. The van der Waals surface area contributed by atoms with Crippen LogP contribution in [0.4, 0.5) is 17.2 Å². The molecule has 0 bridgehead atoms. The van der Waals surface area contributed by atoms with Gasteiger partial charge >= 0.3 is 0 Å². The Morgan fingerprint density at radius 2 is 1.77 bits per heavy atom. The molecule has 2 heterocycles. The van der Waals surface area contributed by atoms with Gasteiger partial charge in [-0.05, 0) is 31.2 Å². The summed E-state index contributed by atoms with van der Waals surface area (Å²) in [5.41, 5.74) is 10.4. The summed E-state index contributed by atoms with van der Waals surface area (Å²) in [7, 11) is 0. The van der Waals surface area contributed by atoms with Crippen LogP contribution >= 0.6 is 0 Å². The minimum absolute atomic E-state index is 0.0431. The number of hydrogen-bond acceptors (Lipinski definition) is 7. The zero-order valence-corrected chi connectivity index (χ0v) is 18.5. The minimum Gasteiger partial charge on any atom is -0.383 e. The second-order valence-corrected chi connectivity index (χ2v) is 7.87. The summed E-state index contributed by atoms with van der Waals surface area (Å²) in [6.45, 7) is 1.96. The Hall–Kier alpha value is -5.12. The number of aromatic nitrogens is 3. The predicted octanol–water partition coefficient (Wildman–Crippen LogP) is 4.52. The van der Waals surface area contributed by atoms with Crippen molar-refractivity contribution < 1.29 is 9.72 Å². The molecular formula is C25H19N7O3. The SMILES string of the molecule is Cc1ccc(NC(=O)c2c(N)n(/N=C\c3cccc([N+](=O)[O-])c3)c3nc4ccccc4nc23)cc1. The van der Waals surface area contributed by atoms with Crippen LogP contribution in [0.1, 0.15) is 21.5 Å². The molecular weight excluding hydrogens is 446 g/mol. The maximum Gasteiger partial charge on any atom is 0.270 e. The summed E-state index contributed by atoms with van der Waals surface area (Å²) in [6.07, 6.45) is 1.42. The number of amides is 1. The Bertz CT molecular complexity index is 1640. The molecule has 0 aliphatic heterocycles. The molecule has 0 unspecified atom stereocenters. The van der Waals surface area contributed by atoms with Crippen LogP contribution in [0.3, 0.4) is 0 Å². The highest BCUT2D eigenvalue weighted by molar-refractivity contribution is 6.16. The van der Waals surface area contributed by atoms with Crippen LogP contribution in [0.5, 0.6) is 0 Å². The highest BCUT2D eigenvalue weighted by atomic mass is 16.6. The van der Waals surface area contributed by atoms with Crippen molar-refractivity contribution in [3.63, 3.8) is 0 Å². The van der Waals surface area contributed by atoms with Crippen LogP contribution in [0.2, 0.25) is 0 Å². The number of carbonyl (C=O) groups is 1. The fraction of sp³-hybridized carbons (Fsp3) is 0.0400. The third kappa shape index (κ3) is 4.15. The van der Waals surface area contributed by atoms with Crippen LogP contribution < -0.4 is 11.1 Å². The third-order valence-electron chi connectivity index (χ3n) is 5.41. The molecule has 10 heteroatoms. The summed E-state index contributed by atoms with van der Waals surface area (Å²) < 4.78 is 1.32. The molecule has 1 amide bonds. The number of para-hydroxylation sites is 2. The van der Waals surface area contributed by atoms with E-state index in [1.54, 1.807) is 36.4 Å². The summed E-state index contributed by atoms with van der Waals surface area (Å²) in [4.78, 5) is 33.2. The Balaban J connectivity index is 1.64. The molecule has 5 rings (SSSR count). The normalized spacial score (nSPS) is 11.3. The molecule has 0 radical (unpaired) electrons. The van der Waals surface area contributed by atoms with Gasteiger partial charge in [-0.25, -0.2) is 9.97 Å². The van der Waals surface area contributed by atoms with Gasteiger partial charge in [0, 0.05) is 23.4 Å². The van der Waals surface area contributed by atoms with Gasteiger partial charge in [-0.2, -0.15) is 9.78 Å². The van der Waals surface area contributed by atoms with Crippen LogP contribution in [-0.2, 0) is 0 Å². The number of carbonyl (C=O) groups excluding carboxylic acids is 1. The molecule has 2 aromatic heterocycles. The number of nitrogens with one attached hydrogen (secondary N) is 1. The largest absolute Gasteiger partial charge is 0.383 e. The average molecular weight is 465 g/mol. The second kappa shape index (κ2) is 8.67. The van der Waals surface area contributed by atoms with Gasteiger partial charge in [-0.15, -0.1) is 0 Å². The van der Waals surface area contributed by atoms with Crippen molar-refractivity contribution in [1.82, 2.24) is 14.6 Å². The van der Waals surface area contributed by atoms with Crippen molar-refractivity contribution in [3.05, 3.63) is 99.6 Å². The van der Waals surface area contributed by atoms with Crippen molar-refractivity contribution >= 4 is 51.5 Å². The molecule has 0 aliphatic rings. The molecule has 35 heavy (non-hydrogen) atoms. The first-order chi connectivity index (χ1) is 16.9. The lowest BCUT2D eigenvalue weighted by Gasteiger charge is -2.06. The van der Waals surface area contributed by atoms with Gasteiger partial charge in [0.25, 0.3) is 11.6 Å². The van der Waals surface area contributed by atoms with E-state index in [0.717, 1.165) is 5.56 Å². The highest BCUT2D eigenvalue weighted by Gasteiger charge is 2.24. The molecule has 0 fully saturated rings. The number of nitro groups is 1. The summed E-state index contributed by atoms with van der Waals surface area (Å²) >= 11 is 0. The number of nitro benzene ring substituents is 1. The Morgan fingerprint density at radius 3 is 2.49 bits per heavy atom. The first-order valence-corrected chi connectivity index (χ1v) is 10.6. The molecule has 3 aromatic carbocycles. The van der Waals surface area contributed by atoms with Gasteiger partial charge in [0.1, 0.15) is 16.9 Å². The standard InChI is InChI=1S/C25H19N7O3/c1-15-9-11-17(12-10-15)28-25(33)21-22-24(30-20-8-3-2-7-19(20)29-22)31(23(21)26)27-14-16-5-4-6-18(13-16)32(34)35/h2-14H,26H2,1H3,(H,28,33)/b27-14-. The second-order valence-electron chi connectivity index (χ2n) is 7.87. The van der Waals surface area contributed by atoms with Crippen LogP contribution in [0.25, 0.3) is 22.2 Å². The summed E-state index contributed by atoms with van der Waals surface area (Å²) in [5.74, 6) is -0.410. The molecule has 172 valence electrons. The average Bonchev–Trinajstić information content (AvgIpc) is 3.12. The minimum atomic E-state index is -0.484. The number of benzene rings is 3. The molecule has 0 spiro atoms. The number of non-ortho nitro benzene ring substituents is 1. The van der Waals surface area contributed by atoms with E-state index < -0.39 is 10.8 Å². The fourth-order valence-corrected chi connectivity index (χ4v) is 3.66. The number of fused-ring (bicyclic) bond motifs is 2. The van der Waals surface area contributed by atoms with Crippen LogP contribution in [0, 0.1) is 17.0 Å². The first-order valence-electron chi connectivity index (χ1n) is 10.6. The number of nitrogens with zero attached hydrogens (tertiary/aromatic N) is 5. The van der Waals surface area contributed by atoms with E-state index in [1.165, 1.54) is 23.0 Å². The molecule has 10 nitrogen and oxygen atoms in total. The van der Waals surface area contributed by atoms with E-state index in [0.29, 0.717) is 27.8 Å². The first kappa shape index (κ1) is 21.7. The molecule has 0 saturated heterocycles. The highest BCUT2D eigenvalue weighted by Crippen LogP contribution is 2.29. The quantitative estimate of drug-likeness (QED) is 0.222. The number of aryl methyl sites for hydroxylation is 1. The van der Waals surface area contributed by atoms with Gasteiger partial charge in [0.15, 0.2) is 5.65 Å². The lowest BCUT2D eigenvalue weighted by atomic mass is 10.2. The monoisotopic (exact) mass is 465 g/mol. The maximum atomic E-state index is 13.3. The Labute approximate surface area is 198 Å². The van der Waals surface area contributed by atoms with Crippen molar-refractivity contribution in [2.75, 3.05) is 11.1 Å². The van der Waals surface area contributed by atoms with Gasteiger partial charge in [0.05, 0.1) is 22.2 Å². The van der Waals surface area contributed by atoms with Crippen molar-refractivity contribution in [3.8, 4) is 0 Å². The van der Waals surface area contributed by atoms with E-state index in [9.17, 15) is 14.9 Å². The molecule has 5 aromatic rings. The van der Waals surface area contributed by atoms with E-state index in [-0.39, 0.29) is 22.7 Å². The molecule has 0 saturated carbocycles. The van der Waals surface area contributed by atoms with Crippen molar-refractivity contribution in [1.29, 1.82) is 0 Å². The smallest absolute Gasteiger partial charge is 0.270 e. The Kier molecular flexibility index (Phi) is 5.38. The van der Waals surface area contributed by atoms with Crippen molar-refractivity contribution in [2.45, 2.75) is 6.92 Å². The van der Waals surface area contributed by atoms with E-state index in [2.05, 4.69) is 20.4 Å². The van der Waals surface area contributed by atoms with E-state index in [1.807, 2.05) is 31.2 Å². The van der Waals surface area contributed by atoms with E-state index in [4.69, 9.17) is 5.73 Å². The van der Waals surface area contributed by atoms with Crippen LogP contribution in [-0.4, -0.2) is 31.7 Å². The summed E-state index contributed by atoms with van der Waals surface area (Å²) in [5, 5.41) is 18.3. The van der Waals surface area contributed by atoms with Gasteiger partial charge in [-0.3, -0.25) is 14.9 Å². The number of rotatable bonds is 5. The number of nitrogen functional groups attached to an aromatic ring is 1. The maximum absolute atomic E-state index is 13.3. The Morgan fingerprint density at radius 1 is 1.06 bits per heavy atom. The summed E-state index contributed by atoms with van der Waals surface area (Å²) in [6, 6.07) is 20.6. The molecule has 0 atom stereocenters. The topological polar surface area (TPSA) is 141 Å². The lowest BCUT2D eigenvalue weighted by molar-refractivity contribution is -0.384. The van der Waals surface area contributed by atoms with Gasteiger partial charge in [0.2, 0.25) is 0 Å². The van der Waals surface area contributed by atoms with E-state index >= 15 is 0 Å². The van der Waals surface area contributed by atoms with Gasteiger partial charge < -0.3 is 11.1 Å². The predicted molar refractivity (Wildman–Crippen MR) is 135 cm³/mol. The lowest BCUT2D eigenvalue weighted by Crippen LogP contribution is -2.14.